The number of carbonyl (C=O) groups excluding carboxylic acids is 1. The number of rotatable bonds is 2. The number of carbonyl (C=O) groups is 1. The molecule has 0 spiro atoms. The Balaban J connectivity index is 2.16. The molecule has 0 unspecified atom stereocenters. The molecule has 0 aliphatic heterocycles. The lowest BCUT2D eigenvalue weighted by Gasteiger charge is -2.05. The number of benzene rings is 1. The van der Waals surface area contributed by atoms with Gasteiger partial charge in [0.05, 0.1) is 12.4 Å². The number of halogens is 2. The molecule has 0 saturated carbocycles. The molecule has 92 valence electrons. The standard InChI is InChI=1S/C12H9BrClN3O/c1-7-2-3-8(4-9(7)14)12(18)17-11-6-15-10(13)5-16-11/h2-6H,1H3,(H,16,17,18). The van der Waals surface area contributed by atoms with Gasteiger partial charge in [0.25, 0.3) is 5.91 Å². The molecule has 0 aliphatic carbocycles. The fourth-order valence-electron chi connectivity index (χ4n) is 1.30. The molecule has 2 aromatic rings. The maximum Gasteiger partial charge on any atom is 0.256 e. The van der Waals surface area contributed by atoms with Gasteiger partial charge in [-0.05, 0) is 40.5 Å². The first-order valence-electron chi connectivity index (χ1n) is 5.11. The Morgan fingerprint density at radius 1 is 1.33 bits per heavy atom. The van der Waals surface area contributed by atoms with Crippen LogP contribution in [-0.2, 0) is 0 Å². The molecule has 1 N–H and O–H groups in total. The summed E-state index contributed by atoms with van der Waals surface area (Å²) in [6.07, 6.45) is 2.98. The normalized spacial score (nSPS) is 10.2. The van der Waals surface area contributed by atoms with Crippen LogP contribution >= 0.6 is 27.5 Å². The van der Waals surface area contributed by atoms with Crippen LogP contribution in [0.15, 0.2) is 35.2 Å². The third-order valence-electron chi connectivity index (χ3n) is 2.30. The number of amides is 1. The molecule has 4 nitrogen and oxygen atoms in total. The topological polar surface area (TPSA) is 54.9 Å². The van der Waals surface area contributed by atoms with E-state index in [1.165, 1.54) is 12.4 Å². The molecule has 1 heterocycles. The van der Waals surface area contributed by atoms with Gasteiger partial charge in [-0.2, -0.15) is 0 Å². The van der Waals surface area contributed by atoms with Crippen molar-refractivity contribution in [3.63, 3.8) is 0 Å². The number of hydrogen-bond acceptors (Lipinski definition) is 3. The highest BCUT2D eigenvalue weighted by Crippen LogP contribution is 2.17. The molecule has 18 heavy (non-hydrogen) atoms. The summed E-state index contributed by atoms with van der Waals surface area (Å²) in [5.41, 5.74) is 1.41. The van der Waals surface area contributed by atoms with Crippen molar-refractivity contribution in [1.29, 1.82) is 0 Å². The Kier molecular flexibility index (Phi) is 3.93. The minimum atomic E-state index is -0.270. The number of aromatic nitrogens is 2. The maximum atomic E-state index is 11.9. The van der Waals surface area contributed by atoms with Crippen LogP contribution in [0.1, 0.15) is 15.9 Å². The van der Waals surface area contributed by atoms with Crippen molar-refractivity contribution in [2.75, 3.05) is 5.32 Å². The molecule has 1 aromatic carbocycles. The Morgan fingerprint density at radius 3 is 2.72 bits per heavy atom. The van der Waals surface area contributed by atoms with Crippen LogP contribution in [0, 0.1) is 6.92 Å². The summed E-state index contributed by atoms with van der Waals surface area (Å²) in [6, 6.07) is 5.13. The van der Waals surface area contributed by atoms with Crippen LogP contribution in [-0.4, -0.2) is 15.9 Å². The number of nitrogens with one attached hydrogen (secondary N) is 1. The lowest BCUT2D eigenvalue weighted by molar-refractivity contribution is 0.102. The molecule has 0 atom stereocenters. The van der Waals surface area contributed by atoms with Gasteiger partial charge in [-0.25, -0.2) is 9.97 Å². The highest BCUT2D eigenvalue weighted by Gasteiger charge is 2.08. The van der Waals surface area contributed by atoms with Gasteiger partial charge in [0.15, 0.2) is 5.82 Å². The number of hydrogen-bond donors (Lipinski definition) is 1. The summed E-state index contributed by atoms with van der Waals surface area (Å²) < 4.78 is 0.610. The number of nitrogens with zero attached hydrogens (tertiary/aromatic N) is 2. The molecule has 1 aromatic heterocycles. The minimum absolute atomic E-state index is 0.270. The van der Waals surface area contributed by atoms with Gasteiger partial charge in [0.1, 0.15) is 4.60 Å². The second kappa shape index (κ2) is 5.46. The minimum Gasteiger partial charge on any atom is -0.305 e. The molecular weight excluding hydrogens is 318 g/mol. The van der Waals surface area contributed by atoms with Gasteiger partial charge in [0.2, 0.25) is 0 Å². The number of anilines is 1. The first-order valence-corrected chi connectivity index (χ1v) is 6.28. The lowest BCUT2D eigenvalue weighted by Crippen LogP contribution is -2.13. The van der Waals surface area contributed by atoms with Crippen LogP contribution in [0.5, 0.6) is 0 Å². The van der Waals surface area contributed by atoms with Crippen molar-refractivity contribution in [1.82, 2.24) is 9.97 Å². The van der Waals surface area contributed by atoms with Gasteiger partial charge >= 0.3 is 0 Å². The predicted molar refractivity (Wildman–Crippen MR) is 73.9 cm³/mol. The van der Waals surface area contributed by atoms with Crippen LogP contribution in [0.2, 0.25) is 5.02 Å². The average Bonchev–Trinajstić information content (AvgIpc) is 2.35. The van der Waals surface area contributed by atoms with Gasteiger partial charge in [-0.15, -0.1) is 0 Å². The largest absolute Gasteiger partial charge is 0.305 e. The molecule has 0 fully saturated rings. The smallest absolute Gasteiger partial charge is 0.256 e. The number of aryl methyl sites for hydroxylation is 1. The Morgan fingerprint density at radius 2 is 2.11 bits per heavy atom. The first-order chi connectivity index (χ1) is 8.56. The Bertz CT molecular complexity index is 586. The van der Waals surface area contributed by atoms with E-state index in [-0.39, 0.29) is 5.91 Å². The van der Waals surface area contributed by atoms with E-state index in [0.29, 0.717) is 21.0 Å². The zero-order valence-corrected chi connectivity index (χ0v) is 11.8. The third kappa shape index (κ3) is 3.05. The summed E-state index contributed by atoms with van der Waals surface area (Å²) in [5.74, 6) is 0.119. The second-order valence-electron chi connectivity index (χ2n) is 3.64. The zero-order valence-electron chi connectivity index (χ0n) is 9.45. The van der Waals surface area contributed by atoms with E-state index in [2.05, 4.69) is 31.2 Å². The lowest BCUT2D eigenvalue weighted by atomic mass is 10.1. The summed E-state index contributed by atoms with van der Waals surface area (Å²) in [6.45, 7) is 1.88. The molecule has 0 radical (unpaired) electrons. The Hall–Kier alpha value is -1.46. The van der Waals surface area contributed by atoms with Crippen LogP contribution < -0.4 is 5.32 Å². The van der Waals surface area contributed by atoms with E-state index >= 15 is 0 Å². The van der Waals surface area contributed by atoms with Crippen molar-refractivity contribution in [3.05, 3.63) is 51.3 Å². The first kappa shape index (κ1) is 13.0. The van der Waals surface area contributed by atoms with E-state index in [4.69, 9.17) is 11.6 Å². The van der Waals surface area contributed by atoms with Crippen molar-refractivity contribution < 1.29 is 4.79 Å². The molecule has 1 amide bonds. The van der Waals surface area contributed by atoms with Gasteiger partial charge in [-0.1, -0.05) is 17.7 Å². The van der Waals surface area contributed by atoms with E-state index in [0.717, 1.165) is 5.56 Å². The van der Waals surface area contributed by atoms with E-state index in [9.17, 15) is 4.79 Å². The van der Waals surface area contributed by atoms with E-state index < -0.39 is 0 Å². The van der Waals surface area contributed by atoms with Crippen molar-refractivity contribution in [2.24, 2.45) is 0 Å². The zero-order chi connectivity index (χ0) is 13.1. The van der Waals surface area contributed by atoms with Crippen LogP contribution in [0.4, 0.5) is 5.82 Å². The van der Waals surface area contributed by atoms with Crippen molar-refractivity contribution in [2.45, 2.75) is 6.92 Å². The SMILES string of the molecule is Cc1ccc(C(=O)Nc2cnc(Br)cn2)cc1Cl. The quantitative estimate of drug-likeness (QED) is 0.919. The highest BCUT2D eigenvalue weighted by atomic mass is 79.9. The monoisotopic (exact) mass is 325 g/mol. The molecule has 2 rings (SSSR count). The Labute approximate surface area is 118 Å². The maximum absolute atomic E-state index is 11.9. The van der Waals surface area contributed by atoms with Crippen molar-refractivity contribution in [3.8, 4) is 0 Å². The molecule has 6 heteroatoms. The average molecular weight is 327 g/mol. The van der Waals surface area contributed by atoms with Crippen LogP contribution in [0.3, 0.4) is 0 Å². The molecule has 0 bridgehead atoms. The summed E-state index contributed by atoms with van der Waals surface area (Å²) in [4.78, 5) is 19.9. The third-order valence-corrected chi connectivity index (χ3v) is 3.11. The predicted octanol–water partition coefficient (Wildman–Crippen LogP) is 3.45. The molecular formula is C12H9BrClN3O. The second-order valence-corrected chi connectivity index (χ2v) is 4.86. The van der Waals surface area contributed by atoms with Crippen LogP contribution in [0.25, 0.3) is 0 Å². The molecule has 0 aliphatic rings. The van der Waals surface area contributed by atoms with E-state index in [1.54, 1.807) is 18.2 Å². The molecule has 0 saturated heterocycles. The summed E-state index contributed by atoms with van der Waals surface area (Å²) in [7, 11) is 0. The van der Waals surface area contributed by atoms with Crippen molar-refractivity contribution >= 4 is 39.3 Å². The summed E-state index contributed by atoms with van der Waals surface area (Å²) in [5, 5.41) is 3.20. The van der Waals surface area contributed by atoms with E-state index in [1.807, 2.05) is 6.92 Å². The fraction of sp³-hybridized carbons (Fsp3) is 0.0833. The van der Waals surface area contributed by atoms with Gasteiger partial charge in [-0.3, -0.25) is 4.79 Å². The summed E-state index contributed by atoms with van der Waals surface area (Å²) >= 11 is 9.14. The van der Waals surface area contributed by atoms with Gasteiger partial charge < -0.3 is 5.32 Å². The highest BCUT2D eigenvalue weighted by molar-refractivity contribution is 9.10. The van der Waals surface area contributed by atoms with Gasteiger partial charge in [0, 0.05) is 10.6 Å². The fourth-order valence-corrected chi connectivity index (χ4v) is 1.68.